The number of nitrogens with one attached hydrogen (secondary N) is 2. The van der Waals surface area contributed by atoms with Crippen LogP contribution in [-0.4, -0.2) is 42.2 Å². The number of fused-ring (bicyclic) bond motifs is 1. The van der Waals surface area contributed by atoms with Crippen molar-refractivity contribution in [3.05, 3.63) is 52.3 Å². The fraction of sp³-hybridized carbons (Fsp3) is 0.364. The number of hydrogen-bond acceptors (Lipinski definition) is 5. The first-order valence-electron chi connectivity index (χ1n) is 10.0. The summed E-state index contributed by atoms with van der Waals surface area (Å²) in [6.45, 7) is -0.140. The highest BCUT2D eigenvalue weighted by molar-refractivity contribution is 6.31. The van der Waals surface area contributed by atoms with Crippen molar-refractivity contribution in [2.45, 2.75) is 36.4 Å². The Morgan fingerprint density at radius 3 is 2.56 bits per heavy atom. The number of hydrogen-bond donors (Lipinski definition) is 2. The minimum atomic E-state index is -0.753. The Morgan fingerprint density at radius 1 is 1.06 bits per heavy atom. The fourth-order valence-electron chi connectivity index (χ4n) is 4.62. The zero-order valence-electron chi connectivity index (χ0n) is 16.8. The van der Waals surface area contributed by atoms with Crippen molar-refractivity contribution in [3.63, 3.8) is 0 Å². The maximum absolute atomic E-state index is 13.4. The highest BCUT2D eigenvalue weighted by Crippen LogP contribution is 2.60. The molecule has 2 aromatic carbocycles. The maximum Gasteiger partial charge on any atom is 0.265 e. The minimum absolute atomic E-state index is 0.0122. The van der Waals surface area contributed by atoms with Crippen molar-refractivity contribution < 1.29 is 28.2 Å². The van der Waals surface area contributed by atoms with Crippen molar-refractivity contribution in [1.82, 2.24) is 10.6 Å². The van der Waals surface area contributed by atoms with Gasteiger partial charge in [0, 0.05) is 28.2 Å². The third-order valence-electron chi connectivity index (χ3n) is 5.94. The van der Waals surface area contributed by atoms with E-state index in [1.165, 1.54) is 12.1 Å². The van der Waals surface area contributed by atoms with Gasteiger partial charge in [0.15, 0.2) is 18.1 Å². The predicted molar refractivity (Wildman–Crippen MR) is 114 cm³/mol. The number of rotatable bonds is 6. The molecule has 4 aliphatic rings. The van der Waals surface area contributed by atoms with Gasteiger partial charge in [-0.25, -0.2) is 4.39 Å². The second-order valence-electron chi connectivity index (χ2n) is 8.50. The molecule has 3 saturated carbocycles. The number of carbonyl (C=O) groups excluding carboxylic acids is 2. The van der Waals surface area contributed by atoms with Gasteiger partial charge in [-0.15, -0.1) is 0 Å². The largest absolute Gasteiger partial charge is 0.485 e. The van der Waals surface area contributed by atoms with Crippen LogP contribution in [0.3, 0.4) is 0 Å². The van der Waals surface area contributed by atoms with E-state index in [-0.39, 0.29) is 46.9 Å². The van der Waals surface area contributed by atoms with Gasteiger partial charge in [-0.05, 0) is 43.5 Å². The van der Waals surface area contributed by atoms with E-state index in [2.05, 4.69) is 10.6 Å². The Morgan fingerprint density at radius 2 is 1.81 bits per heavy atom. The lowest BCUT2D eigenvalue weighted by atomic mass is 9.44. The molecule has 2 amide bonds. The zero-order chi connectivity index (χ0) is 22.5. The quantitative estimate of drug-likeness (QED) is 0.662. The topological polar surface area (TPSA) is 85.9 Å². The van der Waals surface area contributed by atoms with E-state index in [1.54, 1.807) is 18.2 Å². The number of ether oxygens (including phenoxy) is 3. The Balaban J connectivity index is 1.08. The predicted octanol–water partition coefficient (Wildman–Crippen LogP) is 3.26. The normalized spacial score (nSPS) is 26.9. The number of carbonyl (C=O) groups is 2. The third kappa shape index (κ3) is 3.93. The van der Waals surface area contributed by atoms with Gasteiger partial charge >= 0.3 is 0 Å². The molecule has 6 rings (SSSR count). The van der Waals surface area contributed by atoms with Crippen molar-refractivity contribution >= 4 is 35.0 Å². The molecule has 0 aromatic heterocycles. The number of benzene rings is 2. The highest BCUT2D eigenvalue weighted by atomic mass is 35.5. The smallest absolute Gasteiger partial charge is 0.265 e. The molecule has 2 N–H and O–H groups in total. The lowest BCUT2D eigenvalue weighted by Gasteiger charge is -2.70. The SMILES string of the molecule is O=C(COc1ccc(Cl)c(F)c1)NC12CC(NC(=O)[C@H]3COc4cc(Cl)ccc4O3)(C1)C2. The van der Waals surface area contributed by atoms with Crippen molar-refractivity contribution in [3.8, 4) is 17.2 Å². The zero-order valence-corrected chi connectivity index (χ0v) is 18.3. The summed E-state index contributed by atoms with van der Waals surface area (Å²) in [6.07, 6.45) is 1.14. The van der Waals surface area contributed by atoms with Gasteiger partial charge in [0.1, 0.15) is 18.2 Å². The van der Waals surface area contributed by atoms with Crippen LogP contribution >= 0.6 is 23.2 Å². The van der Waals surface area contributed by atoms with Crippen LogP contribution in [-0.2, 0) is 9.59 Å². The van der Waals surface area contributed by atoms with Crippen LogP contribution in [0.2, 0.25) is 10.0 Å². The summed E-state index contributed by atoms with van der Waals surface area (Å²) in [5, 5.41) is 6.50. The molecule has 168 valence electrons. The summed E-state index contributed by atoms with van der Waals surface area (Å²) in [6, 6.07) is 8.98. The van der Waals surface area contributed by atoms with Crippen molar-refractivity contribution in [1.29, 1.82) is 0 Å². The van der Waals surface area contributed by atoms with Crippen LogP contribution in [0.5, 0.6) is 17.2 Å². The Hall–Kier alpha value is -2.71. The average molecular weight is 481 g/mol. The molecular weight excluding hydrogens is 462 g/mol. The number of amides is 2. The monoisotopic (exact) mass is 480 g/mol. The van der Waals surface area contributed by atoms with Gasteiger partial charge < -0.3 is 24.8 Å². The van der Waals surface area contributed by atoms with Crippen LogP contribution in [0, 0.1) is 5.82 Å². The Kier molecular flexibility index (Phi) is 5.09. The second kappa shape index (κ2) is 7.71. The number of halogens is 3. The van der Waals surface area contributed by atoms with E-state index in [0.29, 0.717) is 35.8 Å². The fourth-order valence-corrected chi connectivity index (χ4v) is 4.90. The molecule has 10 heteroatoms. The molecule has 2 aromatic rings. The minimum Gasteiger partial charge on any atom is -0.485 e. The summed E-state index contributed by atoms with van der Waals surface area (Å²) in [4.78, 5) is 24.9. The molecule has 0 radical (unpaired) electrons. The van der Waals surface area contributed by atoms with Crippen LogP contribution < -0.4 is 24.8 Å². The van der Waals surface area contributed by atoms with Crippen LogP contribution in [0.25, 0.3) is 0 Å². The molecule has 1 atom stereocenters. The van der Waals surface area contributed by atoms with E-state index in [9.17, 15) is 14.0 Å². The van der Waals surface area contributed by atoms with E-state index < -0.39 is 11.9 Å². The molecule has 3 aliphatic carbocycles. The summed E-state index contributed by atoms with van der Waals surface area (Å²) < 4.78 is 30.1. The Labute approximate surface area is 193 Å². The van der Waals surface area contributed by atoms with Gasteiger partial charge in [0.05, 0.1) is 5.02 Å². The molecule has 0 spiro atoms. The van der Waals surface area contributed by atoms with E-state index >= 15 is 0 Å². The first-order valence-corrected chi connectivity index (χ1v) is 10.8. The molecule has 0 saturated heterocycles. The van der Waals surface area contributed by atoms with E-state index in [1.807, 2.05) is 0 Å². The molecule has 0 unspecified atom stereocenters. The van der Waals surface area contributed by atoms with E-state index in [4.69, 9.17) is 37.4 Å². The Bertz CT molecular complexity index is 1090. The van der Waals surface area contributed by atoms with Gasteiger partial charge in [0.25, 0.3) is 11.8 Å². The molecule has 1 aliphatic heterocycles. The summed E-state index contributed by atoms with van der Waals surface area (Å²) in [5.74, 6) is 0.0424. The summed E-state index contributed by atoms with van der Waals surface area (Å²) in [7, 11) is 0. The lowest BCUT2D eigenvalue weighted by molar-refractivity contribution is -0.155. The van der Waals surface area contributed by atoms with Crippen LogP contribution in [0.1, 0.15) is 19.3 Å². The molecule has 2 bridgehead atoms. The molecule has 32 heavy (non-hydrogen) atoms. The van der Waals surface area contributed by atoms with Gasteiger partial charge in [-0.1, -0.05) is 23.2 Å². The molecule has 3 fully saturated rings. The van der Waals surface area contributed by atoms with Gasteiger partial charge in [-0.3, -0.25) is 9.59 Å². The summed E-state index contributed by atoms with van der Waals surface area (Å²) >= 11 is 11.6. The van der Waals surface area contributed by atoms with Gasteiger partial charge in [-0.2, -0.15) is 0 Å². The first kappa shape index (κ1) is 21.2. The van der Waals surface area contributed by atoms with Crippen LogP contribution in [0.4, 0.5) is 4.39 Å². The second-order valence-corrected chi connectivity index (χ2v) is 9.35. The average Bonchev–Trinajstić information content (AvgIpc) is 2.71. The standard InChI is InChI=1S/C22H19Cl2FN2O5/c23-12-1-4-16-17(5-12)31-7-18(32-16)20(29)27-22-9-21(10-22,11-22)26-19(28)8-30-13-2-3-14(24)15(25)6-13/h1-6,18H,7-11H2,(H,26,28)(H,27,29)/t18-,21?,22?/m1/s1. The van der Waals surface area contributed by atoms with E-state index in [0.717, 1.165) is 6.07 Å². The van der Waals surface area contributed by atoms with Crippen LogP contribution in [0.15, 0.2) is 36.4 Å². The van der Waals surface area contributed by atoms with Crippen molar-refractivity contribution in [2.75, 3.05) is 13.2 Å². The summed E-state index contributed by atoms with van der Waals surface area (Å²) in [5.41, 5.74) is -0.680. The molecule has 7 nitrogen and oxygen atoms in total. The van der Waals surface area contributed by atoms with Crippen molar-refractivity contribution in [2.24, 2.45) is 0 Å². The maximum atomic E-state index is 13.4. The molecule has 1 heterocycles. The molecular formula is C22H19Cl2FN2O5. The first-order chi connectivity index (χ1) is 15.2. The van der Waals surface area contributed by atoms with Gasteiger partial charge in [0.2, 0.25) is 6.10 Å². The lowest BCUT2D eigenvalue weighted by Crippen LogP contribution is -2.84. The highest BCUT2D eigenvalue weighted by Gasteiger charge is 2.69. The third-order valence-corrected chi connectivity index (χ3v) is 6.48.